The third kappa shape index (κ3) is 3.76. The Bertz CT molecular complexity index is 956. The van der Waals surface area contributed by atoms with Crippen LogP contribution in [0.5, 0.6) is 11.5 Å². The van der Waals surface area contributed by atoms with Crippen molar-refractivity contribution in [3.63, 3.8) is 0 Å². The number of carbonyl (C=O) groups excluding carboxylic acids is 1. The number of halogens is 2. The summed E-state index contributed by atoms with van der Waals surface area (Å²) < 4.78 is 15.8. The molecular formula is C18H14Cl2N2O4. The minimum absolute atomic E-state index is 0.107. The van der Waals surface area contributed by atoms with Crippen molar-refractivity contribution in [2.45, 2.75) is 0 Å². The van der Waals surface area contributed by atoms with Gasteiger partial charge in [0.25, 0.3) is 5.91 Å². The number of ether oxygens (including phenoxy) is 2. The molecule has 0 aliphatic carbocycles. The predicted octanol–water partition coefficient (Wildman–Crippen LogP) is 4.92. The van der Waals surface area contributed by atoms with Crippen molar-refractivity contribution in [3.8, 4) is 23.0 Å². The van der Waals surface area contributed by atoms with E-state index in [9.17, 15) is 4.79 Å². The van der Waals surface area contributed by atoms with E-state index in [1.165, 1.54) is 20.5 Å². The Hall–Kier alpha value is -2.70. The molecule has 1 amide bonds. The number of oxazole rings is 1. The van der Waals surface area contributed by atoms with Gasteiger partial charge in [-0.25, -0.2) is 4.98 Å². The number of aromatic nitrogens is 1. The number of methoxy groups -OCH3 is 2. The highest BCUT2D eigenvalue weighted by atomic mass is 35.5. The molecule has 1 aromatic heterocycles. The van der Waals surface area contributed by atoms with Gasteiger partial charge in [-0.05, 0) is 30.3 Å². The molecule has 0 atom stereocenters. The smallest absolute Gasteiger partial charge is 0.277 e. The largest absolute Gasteiger partial charge is 0.497 e. The Balaban J connectivity index is 1.83. The van der Waals surface area contributed by atoms with Crippen molar-refractivity contribution >= 4 is 34.8 Å². The highest BCUT2D eigenvalue weighted by Gasteiger charge is 2.16. The topological polar surface area (TPSA) is 73.6 Å². The van der Waals surface area contributed by atoms with Crippen molar-refractivity contribution in [2.24, 2.45) is 0 Å². The molecule has 3 rings (SSSR count). The van der Waals surface area contributed by atoms with E-state index in [1.807, 2.05) is 0 Å². The van der Waals surface area contributed by atoms with Gasteiger partial charge in [-0.15, -0.1) is 0 Å². The normalized spacial score (nSPS) is 10.5. The first-order valence-electron chi connectivity index (χ1n) is 7.46. The zero-order chi connectivity index (χ0) is 18.7. The molecule has 0 saturated heterocycles. The van der Waals surface area contributed by atoms with Crippen molar-refractivity contribution in [2.75, 3.05) is 19.5 Å². The molecule has 26 heavy (non-hydrogen) atoms. The van der Waals surface area contributed by atoms with Crippen molar-refractivity contribution in [3.05, 3.63) is 58.4 Å². The van der Waals surface area contributed by atoms with Crippen LogP contribution in [-0.2, 0) is 0 Å². The molecule has 0 aliphatic heterocycles. The number of nitrogens with one attached hydrogen (secondary N) is 1. The molecular weight excluding hydrogens is 379 g/mol. The van der Waals surface area contributed by atoms with Gasteiger partial charge in [0.2, 0.25) is 5.89 Å². The maximum absolute atomic E-state index is 12.5. The quantitative estimate of drug-likeness (QED) is 0.666. The first-order chi connectivity index (χ1) is 12.5. The molecule has 0 fully saturated rings. The molecule has 1 N–H and O–H groups in total. The first kappa shape index (κ1) is 18.1. The first-order valence-corrected chi connectivity index (χ1v) is 8.21. The van der Waals surface area contributed by atoms with E-state index in [-0.39, 0.29) is 11.6 Å². The second kappa shape index (κ2) is 7.68. The SMILES string of the molecule is COc1ccc(OC)c(NC(=O)c2coc(-c3ccc(Cl)c(Cl)c3)n2)c1. The molecule has 6 nitrogen and oxygen atoms in total. The van der Waals surface area contributed by atoms with Gasteiger partial charge in [0.15, 0.2) is 5.69 Å². The van der Waals surface area contributed by atoms with Crippen LogP contribution in [-0.4, -0.2) is 25.1 Å². The number of carbonyl (C=O) groups is 1. The highest BCUT2D eigenvalue weighted by Crippen LogP contribution is 2.30. The van der Waals surface area contributed by atoms with Crippen molar-refractivity contribution < 1.29 is 18.7 Å². The number of hydrogen-bond acceptors (Lipinski definition) is 5. The van der Waals surface area contributed by atoms with E-state index in [0.29, 0.717) is 32.8 Å². The number of nitrogens with zero attached hydrogens (tertiary/aromatic N) is 1. The number of amides is 1. The third-order valence-corrected chi connectivity index (χ3v) is 4.30. The number of anilines is 1. The molecule has 0 bridgehead atoms. The van der Waals surface area contributed by atoms with Gasteiger partial charge in [-0.2, -0.15) is 0 Å². The van der Waals surface area contributed by atoms with E-state index in [1.54, 1.807) is 36.4 Å². The molecule has 0 unspecified atom stereocenters. The zero-order valence-corrected chi connectivity index (χ0v) is 15.4. The van der Waals surface area contributed by atoms with Gasteiger partial charge in [-0.3, -0.25) is 4.79 Å². The zero-order valence-electron chi connectivity index (χ0n) is 13.9. The van der Waals surface area contributed by atoms with Gasteiger partial charge in [0.05, 0.1) is 30.0 Å². The van der Waals surface area contributed by atoms with Crippen molar-refractivity contribution in [1.29, 1.82) is 0 Å². The molecule has 134 valence electrons. The maximum atomic E-state index is 12.5. The van der Waals surface area contributed by atoms with Gasteiger partial charge >= 0.3 is 0 Å². The molecule has 0 radical (unpaired) electrons. The van der Waals surface area contributed by atoms with E-state index in [0.717, 1.165) is 0 Å². The minimum Gasteiger partial charge on any atom is -0.497 e. The second-order valence-corrected chi connectivity index (χ2v) is 6.00. The summed E-state index contributed by atoms with van der Waals surface area (Å²) in [6.45, 7) is 0. The lowest BCUT2D eigenvalue weighted by Gasteiger charge is -2.10. The van der Waals surface area contributed by atoms with Crippen LogP contribution in [0.15, 0.2) is 47.1 Å². The molecule has 0 aliphatic rings. The van der Waals surface area contributed by atoms with Gasteiger partial charge in [0.1, 0.15) is 17.8 Å². The van der Waals surface area contributed by atoms with Gasteiger partial charge in [0, 0.05) is 11.6 Å². The molecule has 8 heteroatoms. The Morgan fingerprint density at radius 3 is 2.58 bits per heavy atom. The Kier molecular flexibility index (Phi) is 5.35. The summed E-state index contributed by atoms with van der Waals surface area (Å²) >= 11 is 11.9. The third-order valence-electron chi connectivity index (χ3n) is 3.56. The second-order valence-electron chi connectivity index (χ2n) is 5.19. The van der Waals surface area contributed by atoms with E-state index >= 15 is 0 Å². The predicted molar refractivity (Wildman–Crippen MR) is 99.5 cm³/mol. The van der Waals surface area contributed by atoms with Crippen LogP contribution in [0, 0.1) is 0 Å². The summed E-state index contributed by atoms with van der Waals surface area (Å²) in [5.41, 5.74) is 1.17. The lowest BCUT2D eigenvalue weighted by atomic mass is 10.2. The highest BCUT2D eigenvalue weighted by molar-refractivity contribution is 6.42. The van der Waals surface area contributed by atoms with Gasteiger partial charge < -0.3 is 19.2 Å². The monoisotopic (exact) mass is 392 g/mol. The van der Waals surface area contributed by atoms with Crippen LogP contribution in [0.3, 0.4) is 0 Å². The molecule has 2 aromatic carbocycles. The Labute approximate surface area is 159 Å². The van der Waals surface area contributed by atoms with Crippen LogP contribution in [0.2, 0.25) is 10.0 Å². The summed E-state index contributed by atoms with van der Waals surface area (Å²) in [7, 11) is 3.05. The molecule has 0 spiro atoms. The minimum atomic E-state index is -0.452. The van der Waals surface area contributed by atoms with Gasteiger partial charge in [-0.1, -0.05) is 23.2 Å². The number of rotatable bonds is 5. The standard InChI is InChI=1S/C18H14Cl2N2O4/c1-24-11-4-6-16(25-2)14(8-11)21-17(23)15-9-26-18(22-15)10-3-5-12(19)13(20)7-10/h3-9H,1-2H3,(H,21,23). The average Bonchev–Trinajstić information content (AvgIpc) is 3.14. The van der Waals surface area contributed by atoms with E-state index in [2.05, 4.69) is 10.3 Å². The molecule has 3 aromatic rings. The summed E-state index contributed by atoms with van der Waals surface area (Å²) in [5, 5.41) is 3.52. The van der Waals surface area contributed by atoms with E-state index < -0.39 is 5.91 Å². The Morgan fingerprint density at radius 2 is 1.88 bits per heavy atom. The maximum Gasteiger partial charge on any atom is 0.277 e. The Morgan fingerprint density at radius 1 is 1.08 bits per heavy atom. The van der Waals surface area contributed by atoms with Crippen LogP contribution in [0.25, 0.3) is 11.5 Å². The molecule has 1 heterocycles. The van der Waals surface area contributed by atoms with Crippen LogP contribution >= 0.6 is 23.2 Å². The number of benzene rings is 2. The average molecular weight is 393 g/mol. The van der Waals surface area contributed by atoms with Crippen LogP contribution in [0.4, 0.5) is 5.69 Å². The summed E-state index contributed by atoms with van der Waals surface area (Å²) in [5.74, 6) is 0.878. The fourth-order valence-corrected chi connectivity index (χ4v) is 2.54. The summed E-state index contributed by atoms with van der Waals surface area (Å²) in [6.07, 6.45) is 1.26. The number of hydrogen-bond donors (Lipinski definition) is 1. The fraction of sp³-hybridized carbons (Fsp3) is 0.111. The van der Waals surface area contributed by atoms with Crippen LogP contribution in [0.1, 0.15) is 10.5 Å². The lowest BCUT2D eigenvalue weighted by Crippen LogP contribution is -2.13. The summed E-state index contributed by atoms with van der Waals surface area (Å²) in [6, 6.07) is 10.0. The lowest BCUT2D eigenvalue weighted by molar-refractivity contribution is 0.102. The fourth-order valence-electron chi connectivity index (χ4n) is 2.24. The van der Waals surface area contributed by atoms with E-state index in [4.69, 9.17) is 37.1 Å². The summed E-state index contributed by atoms with van der Waals surface area (Å²) in [4.78, 5) is 16.7. The van der Waals surface area contributed by atoms with Crippen molar-refractivity contribution in [1.82, 2.24) is 4.98 Å². The van der Waals surface area contributed by atoms with Crippen LogP contribution < -0.4 is 14.8 Å². The molecule has 0 saturated carbocycles.